The van der Waals surface area contributed by atoms with Crippen LogP contribution in [0.15, 0.2) is 18.3 Å². The van der Waals surface area contributed by atoms with Crippen LogP contribution >= 0.6 is 0 Å². The lowest BCUT2D eigenvalue weighted by atomic mass is 10.1. The van der Waals surface area contributed by atoms with E-state index in [-0.39, 0.29) is 11.9 Å². The van der Waals surface area contributed by atoms with Gasteiger partial charge in [-0.15, -0.1) is 0 Å². The van der Waals surface area contributed by atoms with Crippen LogP contribution in [0.25, 0.3) is 0 Å². The van der Waals surface area contributed by atoms with Gasteiger partial charge >= 0.3 is 0 Å². The minimum Gasteiger partial charge on any atom is -0.397 e. The number of nitrogens with one attached hydrogen (secondary N) is 1. The normalized spacial score (nSPS) is 12.1. The maximum atomic E-state index is 11.8. The average Bonchev–Trinajstić information content (AvgIpc) is 2.26. The number of anilines is 1. The first-order valence-electron chi connectivity index (χ1n) is 5.66. The third kappa shape index (κ3) is 3.53. The molecule has 4 nitrogen and oxygen atoms in total. The molecule has 0 radical (unpaired) electrons. The fourth-order valence-electron chi connectivity index (χ4n) is 1.48. The van der Waals surface area contributed by atoms with Gasteiger partial charge in [0.05, 0.1) is 5.69 Å². The Morgan fingerprint density at radius 3 is 3.00 bits per heavy atom. The zero-order chi connectivity index (χ0) is 12.0. The second-order valence-corrected chi connectivity index (χ2v) is 3.96. The third-order valence-electron chi connectivity index (χ3n) is 2.42. The Labute approximate surface area is 96.3 Å². The Balaban J connectivity index is 2.56. The molecule has 3 N–H and O–H groups in total. The van der Waals surface area contributed by atoms with E-state index in [0.717, 1.165) is 19.3 Å². The molecule has 0 aliphatic carbocycles. The van der Waals surface area contributed by atoms with Crippen molar-refractivity contribution in [2.45, 2.75) is 39.2 Å². The molecule has 1 aromatic rings. The molecule has 0 spiro atoms. The largest absolute Gasteiger partial charge is 0.397 e. The zero-order valence-electron chi connectivity index (χ0n) is 9.86. The topological polar surface area (TPSA) is 68.0 Å². The maximum absolute atomic E-state index is 11.8. The first-order chi connectivity index (χ1) is 7.65. The molecule has 1 atom stereocenters. The number of aromatic nitrogens is 1. The lowest BCUT2D eigenvalue weighted by Gasteiger charge is -2.13. The Kier molecular flexibility index (Phi) is 4.76. The molecule has 0 saturated heterocycles. The molecular formula is C12H19N3O. The lowest BCUT2D eigenvalue weighted by molar-refractivity contribution is 0.0934. The number of hydrogen-bond acceptors (Lipinski definition) is 3. The zero-order valence-corrected chi connectivity index (χ0v) is 9.86. The highest BCUT2D eigenvalue weighted by molar-refractivity contribution is 5.97. The average molecular weight is 221 g/mol. The molecule has 1 unspecified atom stereocenters. The summed E-state index contributed by atoms with van der Waals surface area (Å²) in [4.78, 5) is 15.8. The number of unbranched alkanes of at least 4 members (excludes halogenated alkanes) is 1. The first-order valence-corrected chi connectivity index (χ1v) is 5.66. The minimum atomic E-state index is -0.193. The number of nitrogens with two attached hydrogens (primary N) is 1. The molecule has 16 heavy (non-hydrogen) atoms. The molecule has 0 aliphatic heterocycles. The van der Waals surface area contributed by atoms with Gasteiger partial charge in [0, 0.05) is 12.2 Å². The number of hydrogen-bond donors (Lipinski definition) is 2. The minimum absolute atomic E-state index is 0.161. The monoisotopic (exact) mass is 221 g/mol. The summed E-state index contributed by atoms with van der Waals surface area (Å²) in [5, 5.41) is 2.89. The van der Waals surface area contributed by atoms with E-state index in [1.54, 1.807) is 18.3 Å². The van der Waals surface area contributed by atoms with E-state index in [0.29, 0.717) is 11.4 Å². The Bertz CT molecular complexity index is 352. The standard InChI is InChI=1S/C12H19N3O/c1-3-4-6-9(2)15-12(16)11-10(13)7-5-8-14-11/h5,7-9H,3-4,6,13H2,1-2H3,(H,15,16). The van der Waals surface area contributed by atoms with Gasteiger partial charge in [0.25, 0.3) is 5.91 Å². The molecule has 1 amide bonds. The van der Waals surface area contributed by atoms with Gasteiger partial charge in [-0.3, -0.25) is 4.79 Å². The predicted octanol–water partition coefficient (Wildman–Crippen LogP) is 1.97. The number of carbonyl (C=O) groups excluding carboxylic acids is 1. The van der Waals surface area contributed by atoms with Gasteiger partial charge in [0.15, 0.2) is 5.69 Å². The molecule has 4 heteroatoms. The summed E-state index contributed by atoms with van der Waals surface area (Å²) in [5.74, 6) is -0.193. The van der Waals surface area contributed by atoms with Crippen molar-refractivity contribution in [2.75, 3.05) is 5.73 Å². The van der Waals surface area contributed by atoms with Crippen molar-refractivity contribution < 1.29 is 4.79 Å². The highest BCUT2D eigenvalue weighted by Gasteiger charge is 2.12. The number of carbonyl (C=O) groups is 1. The first kappa shape index (κ1) is 12.5. The quantitative estimate of drug-likeness (QED) is 0.798. The summed E-state index contributed by atoms with van der Waals surface area (Å²) in [7, 11) is 0. The van der Waals surface area contributed by atoms with E-state index in [2.05, 4.69) is 17.2 Å². The van der Waals surface area contributed by atoms with Gasteiger partial charge in [-0.05, 0) is 25.5 Å². The second kappa shape index (κ2) is 6.10. The van der Waals surface area contributed by atoms with Gasteiger partial charge in [-0.2, -0.15) is 0 Å². The van der Waals surface area contributed by atoms with Gasteiger partial charge < -0.3 is 11.1 Å². The number of amides is 1. The number of pyridine rings is 1. The van der Waals surface area contributed by atoms with E-state index < -0.39 is 0 Å². The molecule has 0 bridgehead atoms. The number of nitrogen functional groups attached to an aromatic ring is 1. The van der Waals surface area contributed by atoms with Gasteiger partial charge in [-0.25, -0.2) is 4.98 Å². The molecule has 1 rings (SSSR count). The third-order valence-corrected chi connectivity index (χ3v) is 2.42. The predicted molar refractivity (Wildman–Crippen MR) is 65.1 cm³/mol. The molecule has 0 saturated carbocycles. The fourth-order valence-corrected chi connectivity index (χ4v) is 1.48. The van der Waals surface area contributed by atoms with Crippen molar-refractivity contribution in [1.82, 2.24) is 10.3 Å². The van der Waals surface area contributed by atoms with Crippen LogP contribution in [0.1, 0.15) is 43.6 Å². The molecule has 0 aromatic carbocycles. The van der Waals surface area contributed by atoms with Crippen LogP contribution in [-0.4, -0.2) is 16.9 Å². The smallest absolute Gasteiger partial charge is 0.272 e. The van der Waals surface area contributed by atoms with Crippen LogP contribution in [0.5, 0.6) is 0 Å². The molecule has 0 fully saturated rings. The van der Waals surface area contributed by atoms with E-state index >= 15 is 0 Å². The highest BCUT2D eigenvalue weighted by Crippen LogP contribution is 2.07. The second-order valence-electron chi connectivity index (χ2n) is 3.96. The van der Waals surface area contributed by atoms with E-state index in [1.165, 1.54) is 0 Å². The van der Waals surface area contributed by atoms with Crippen LogP contribution in [0, 0.1) is 0 Å². The van der Waals surface area contributed by atoms with Gasteiger partial charge in [-0.1, -0.05) is 19.8 Å². The van der Waals surface area contributed by atoms with E-state index in [1.807, 2.05) is 6.92 Å². The van der Waals surface area contributed by atoms with Crippen molar-refractivity contribution in [2.24, 2.45) is 0 Å². The van der Waals surface area contributed by atoms with E-state index in [9.17, 15) is 4.79 Å². The van der Waals surface area contributed by atoms with Crippen molar-refractivity contribution in [1.29, 1.82) is 0 Å². The van der Waals surface area contributed by atoms with Crippen molar-refractivity contribution in [3.8, 4) is 0 Å². The van der Waals surface area contributed by atoms with Crippen LogP contribution in [0.4, 0.5) is 5.69 Å². The molecule has 1 aromatic heterocycles. The molecule has 88 valence electrons. The summed E-state index contributed by atoms with van der Waals surface area (Å²) in [5.41, 5.74) is 6.40. The van der Waals surface area contributed by atoms with Crippen molar-refractivity contribution in [3.63, 3.8) is 0 Å². The summed E-state index contributed by atoms with van der Waals surface area (Å²) in [6.45, 7) is 4.12. The Morgan fingerprint density at radius 2 is 2.38 bits per heavy atom. The van der Waals surface area contributed by atoms with Crippen molar-refractivity contribution >= 4 is 11.6 Å². The van der Waals surface area contributed by atoms with Gasteiger partial charge in [0.2, 0.25) is 0 Å². The highest BCUT2D eigenvalue weighted by atomic mass is 16.1. The van der Waals surface area contributed by atoms with Crippen LogP contribution in [0.3, 0.4) is 0 Å². The molecule has 0 aliphatic rings. The number of rotatable bonds is 5. The van der Waals surface area contributed by atoms with Crippen molar-refractivity contribution in [3.05, 3.63) is 24.0 Å². The molecule has 1 heterocycles. The lowest BCUT2D eigenvalue weighted by Crippen LogP contribution is -2.33. The van der Waals surface area contributed by atoms with Crippen LogP contribution in [0.2, 0.25) is 0 Å². The summed E-state index contributed by atoms with van der Waals surface area (Å²) < 4.78 is 0. The summed E-state index contributed by atoms with van der Waals surface area (Å²) in [6, 6.07) is 3.56. The maximum Gasteiger partial charge on any atom is 0.272 e. The SMILES string of the molecule is CCCCC(C)NC(=O)c1ncccc1N. The Morgan fingerprint density at radius 1 is 1.62 bits per heavy atom. The number of nitrogens with zero attached hydrogens (tertiary/aromatic N) is 1. The van der Waals surface area contributed by atoms with Gasteiger partial charge in [0.1, 0.15) is 0 Å². The Hall–Kier alpha value is -1.58. The summed E-state index contributed by atoms with van der Waals surface area (Å²) >= 11 is 0. The summed E-state index contributed by atoms with van der Waals surface area (Å²) in [6.07, 6.45) is 4.79. The van der Waals surface area contributed by atoms with E-state index in [4.69, 9.17) is 5.73 Å². The van der Waals surface area contributed by atoms with Crippen LogP contribution in [-0.2, 0) is 0 Å². The molecular weight excluding hydrogens is 202 g/mol. The van der Waals surface area contributed by atoms with Crippen LogP contribution < -0.4 is 11.1 Å². The fraction of sp³-hybridized carbons (Fsp3) is 0.500.